The lowest BCUT2D eigenvalue weighted by molar-refractivity contribution is 0.835. The predicted molar refractivity (Wildman–Crippen MR) is 69.9 cm³/mol. The number of benzene rings is 1. The van der Waals surface area contributed by atoms with Crippen LogP contribution in [0, 0.1) is 20.8 Å². The minimum atomic E-state index is 0.730. The number of aromatic nitrogens is 2. The zero-order valence-electron chi connectivity index (χ0n) is 9.58. The summed E-state index contributed by atoms with van der Waals surface area (Å²) < 4.78 is 2.90. The van der Waals surface area contributed by atoms with Gasteiger partial charge in [0.1, 0.15) is 0 Å². The molecule has 0 aliphatic rings. The summed E-state index contributed by atoms with van der Waals surface area (Å²) in [6.45, 7) is 6.13. The van der Waals surface area contributed by atoms with Crippen molar-refractivity contribution >= 4 is 21.6 Å². The fourth-order valence-corrected chi connectivity index (χ4v) is 2.00. The van der Waals surface area contributed by atoms with E-state index in [0.717, 1.165) is 27.2 Å². The van der Waals surface area contributed by atoms with Crippen LogP contribution in [0.1, 0.15) is 17.0 Å². The Morgan fingerprint density at radius 1 is 1.25 bits per heavy atom. The maximum absolute atomic E-state index is 5.97. The van der Waals surface area contributed by atoms with Crippen LogP contribution in [-0.2, 0) is 0 Å². The van der Waals surface area contributed by atoms with Crippen molar-refractivity contribution in [2.45, 2.75) is 20.8 Å². The normalized spacial score (nSPS) is 10.8. The summed E-state index contributed by atoms with van der Waals surface area (Å²) >= 11 is 3.45. The summed E-state index contributed by atoms with van der Waals surface area (Å²) in [6, 6.07) is 5.79. The molecule has 1 aromatic heterocycles. The van der Waals surface area contributed by atoms with Crippen molar-refractivity contribution in [1.82, 2.24) is 9.78 Å². The zero-order chi connectivity index (χ0) is 11.9. The Balaban J connectivity index is 2.67. The zero-order valence-corrected chi connectivity index (χ0v) is 11.2. The highest BCUT2D eigenvalue weighted by atomic mass is 79.9. The summed E-state index contributed by atoms with van der Waals surface area (Å²) in [5.41, 5.74) is 11.0. The van der Waals surface area contributed by atoms with Crippen LogP contribution in [0.4, 0.5) is 5.69 Å². The molecule has 4 heteroatoms. The standard InChI is InChI=1S/C12H14BrN3/c1-7-8(2)15-16(9(7)3)12-6-10(13)4-5-11(12)14/h4-6H,14H2,1-3H3. The van der Waals surface area contributed by atoms with Gasteiger partial charge in [-0.3, -0.25) is 0 Å². The van der Waals surface area contributed by atoms with Crippen molar-refractivity contribution in [3.63, 3.8) is 0 Å². The van der Waals surface area contributed by atoms with E-state index in [4.69, 9.17) is 5.73 Å². The molecule has 0 unspecified atom stereocenters. The molecule has 0 aliphatic carbocycles. The van der Waals surface area contributed by atoms with E-state index in [1.54, 1.807) is 0 Å². The first-order valence-corrected chi connectivity index (χ1v) is 5.88. The monoisotopic (exact) mass is 279 g/mol. The fourth-order valence-electron chi connectivity index (χ4n) is 1.66. The van der Waals surface area contributed by atoms with Gasteiger partial charge in [0.05, 0.1) is 17.1 Å². The third-order valence-electron chi connectivity index (χ3n) is 2.87. The number of nitrogens with two attached hydrogens (primary N) is 1. The first-order chi connectivity index (χ1) is 7.50. The molecule has 16 heavy (non-hydrogen) atoms. The minimum Gasteiger partial charge on any atom is -0.397 e. The van der Waals surface area contributed by atoms with Crippen LogP contribution < -0.4 is 5.73 Å². The molecule has 1 aromatic carbocycles. The van der Waals surface area contributed by atoms with Gasteiger partial charge < -0.3 is 5.73 Å². The third kappa shape index (κ3) is 1.73. The van der Waals surface area contributed by atoms with Crippen LogP contribution in [0.5, 0.6) is 0 Å². The molecule has 0 radical (unpaired) electrons. The molecule has 84 valence electrons. The first kappa shape index (κ1) is 11.2. The van der Waals surface area contributed by atoms with Crippen LogP contribution in [0.15, 0.2) is 22.7 Å². The number of aryl methyl sites for hydroxylation is 1. The van der Waals surface area contributed by atoms with Gasteiger partial charge in [0, 0.05) is 10.2 Å². The van der Waals surface area contributed by atoms with Crippen LogP contribution in [0.2, 0.25) is 0 Å². The number of nitrogens with zero attached hydrogens (tertiary/aromatic N) is 2. The predicted octanol–water partition coefficient (Wildman–Crippen LogP) is 3.14. The quantitative estimate of drug-likeness (QED) is 0.815. The fraction of sp³-hybridized carbons (Fsp3) is 0.250. The molecule has 1 heterocycles. The molecule has 0 amide bonds. The molecule has 2 rings (SSSR count). The molecular weight excluding hydrogens is 266 g/mol. The van der Waals surface area contributed by atoms with Gasteiger partial charge in [-0.15, -0.1) is 0 Å². The van der Waals surface area contributed by atoms with E-state index >= 15 is 0 Å². The Kier molecular flexibility index (Phi) is 2.76. The molecule has 0 fully saturated rings. The number of hydrogen-bond acceptors (Lipinski definition) is 2. The highest BCUT2D eigenvalue weighted by Gasteiger charge is 2.11. The van der Waals surface area contributed by atoms with Crippen LogP contribution in [0.3, 0.4) is 0 Å². The molecule has 0 spiro atoms. The lowest BCUT2D eigenvalue weighted by Gasteiger charge is -2.08. The number of rotatable bonds is 1. The second-order valence-corrected chi connectivity index (χ2v) is 4.83. The molecule has 0 atom stereocenters. The summed E-state index contributed by atoms with van der Waals surface area (Å²) in [7, 11) is 0. The number of nitrogen functional groups attached to an aromatic ring is 1. The Morgan fingerprint density at radius 3 is 2.50 bits per heavy atom. The number of halogens is 1. The van der Waals surface area contributed by atoms with Gasteiger partial charge in [-0.05, 0) is 44.5 Å². The van der Waals surface area contributed by atoms with Crippen molar-refractivity contribution in [3.8, 4) is 5.69 Å². The molecule has 2 N–H and O–H groups in total. The third-order valence-corrected chi connectivity index (χ3v) is 3.37. The lowest BCUT2D eigenvalue weighted by atomic mass is 10.2. The summed E-state index contributed by atoms with van der Waals surface area (Å²) in [5.74, 6) is 0. The topological polar surface area (TPSA) is 43.8 Å². The molecule has 3 nitrogen and oxygen atoms in total. The smallest absolute Gasteiger partial charge is 0.0889 e. The average molecular weight is 280 g/mol. The second kappa shape index (κ2) is 3.94. The Labute approximate surface area is 103 Å². The largest absolute Gasteiger partial charge is 0.397 e. The van der Waals surface area contributed by atoms with Gasteiger partial charge >= 0.3 is 0 Å². The maximum atomic E-state index is 5.97. The number of anilines is 1. The summed E-state index contributed by atoms with van der Waals surface area (Å²) in [5, 5.41) is 4.50. The Hall–Kier alpha value is -1.29. The molecule has 0 bridgehead atoms. The van der Waals surface area contributed by atoms with E-state index in [0.29, 0.717) is 0 Å². The molecule has 0 saturated heterocycles. The van der Waals surface area contributed by atoms with E-state index in [2.05, 4.69) is 34.9 Å². The van der Waals surface area contributed by atoms with E-state index in [1.807, 2.05) is 29.8 Å². The van der Waals surface area contributed by atoms with Gasteiger partial charge in [-0.2, -0.15) is 5.10 Å². The van der Waals surface area contributed by atoms with E-state index in [1.165, 1.54) is 5.56 Å². The first-order valence-electron chi connectivity index (χ1n) is 5.09. The maximum Gasteiger partial charge on any atom is 0.0889 e. The lowest BCUT2D eigenvalue weighted by Crippen LogP contribution is -2.03. The van der Waals surface area contributed by atoms with Crippen molar-refractivity contribution in [2.75, 3.05) is 5.73 Å². The average Bonchev–Trinajstić information content (AvgIpc) is 2.50. The van der Waals surface area contributed by atoms with E-state index in [9.17, 15) is 0 Å². The van der Waals surface area contributed by atoms with Gasteiger partial charge in [0.2, 0.25) is 0 Å². The SMILES string of the molecule is Cc1nn(-c2cc(Br)ccc2N)c(C)c1C. The van der Waals surface area contributed by atoms with Crippen LogP contribution >= 0.6 is 15.9 Å². The molecule has 0 saturated carbocycles. The summed E-state index contributed by atoms with van der Waals surface area (Å²) in [4.78, 5) is 0. The van der Waals surface area contributed by atoms with E-state index in [-0.39, 0.29) is 0 Å². The van der Waals surface area contributed by atoms with Gasteiger partial charge in [0.25, 0.3) is 0 Å². The Bertz CT molecular complexity index is 543. The van der Waals surface area contributed by atoms with Crippen molar-refractivity contribution in [1.29, 1.82) is 0 Å². The second-order valence-electron chi connectivity index (χ2n) is 3.91. The highest BCUT2D eigenvalue weighted by molar-refractivity contribution is 9.10. The van der Waals surface area contributed by atoms with Crippen molar-refractivity contribution in [2.24, 2.45) is 0 Å². The van der Waals surface area contributed by atoms with Gasteiger partial charge in [0.15, 0.2) is 0 Å². The van der Waals surface area contributed by atoms with Crippen molar-refractivity contribution < 1.29 is 0 Å². The van der Waals surface area contributed by atoms with Crippen LogP contribution in [-0.4, -0.2) is 9.78 Å². The van der Waals surface area contributed by atoms with Crippen LogP contribution in [0.25, 0.3) is 5.69 Å². The molecule has 0 aliphatic heterocycles. The van der Waals surface area contributed by atoms with Gasteiger partial charge in [-0.1, -0.05) is 15.9 Å². The summed E-state index contributed by atoms with van der Waals surface area (Å²) in [6.07, 6.45) is 0. The minimum absolute atomic E-state index is 0.730. The molecule has 2 aromatic rings. The molecular formula is C12H14BrN3. The highest BCUT2D eigenvalue weighted by Crippen LogP contribution is 2.24. The Morgan fingerprint density at radius 2 is 1.94 bits per heavy atom. The van der Waals surface area contributed by atoms with Gasteiger partial charge in [-0.25, -0.2) is 4.68 Å². The van der Waals surface area contributed by atoms with E-state index < -0.39 is 0 Å². The number of hydrogen-bond donors (Lipinski definition) is 1. The van der Waals surface area contributed by atoms with Crippen molar-refractivity contribution in [3.05, 3.63) is 39.6 Å².